The lowest BCUT2D eigenvalue weighted by Crippen LogP contribution is -2.33. The number of benzene rings is 2. The number of anilines is 4. The SMILES string of the molecule is CNc1ncnc(N(C)C(=O)Nc2cc(C(=O)Nc3ccc(C(C)C)c(C)c3)ccc2C)n1. The molecular formula is C24H29N7O2. The lowest BCUT2D eigenvalue weighted by atomic mass is 9.97. The predicted octanol–water partition coefficient (Wildman–Crippen LogP) is 4.57. The van der Waals surface area contributed by atoms with Gasteiger partial charge in [0.1, 0.15) is 6.33 Å². The minimum absolute atomic E-state index is 0.193. The molecule has 172 valence electrons. The van der Waals surface area contributed by atoms with Gasteiger partial charge in [-0.05, 0) is 60.7 Å². The topological polar surface area (TPSA) is 112 Å². The molecule has 0 saturated heterocycles. The zero-order chi connectivity index (χ0) is 24.1. The molecule has 1 heterocycles. The zero-order valence-corrected chi connectivity index (χ0v) is 19.7. The fraction of sp³-hybridized carbons (Fsp3) is 0.292. The van der Waals surface area contributed by atoms with E-state index < -0.39 is 6.03 Å². The first-order valence-electron chi connectivity index (χ1n) is 10.6. The third kappa shape index (κ3) is 5.62. The minimum Gasteiger partial charge on any atom is -0.357 e. The van der Waals surface area contributed by atoms with Crippen LogP contribution in [0.1, 0.15) is 46.8 Å². The van der Waals surface area contributed by atoms with Crippen molar-refractivity contribution in [3.63, 3.8) is 0 Å². The van der Waals surface area contributed by atoms with Crippen LogP contribution in [0, 0.1) is 13.8 Å². The molecule has 0 saturated carbocycles. The molecule has 9 heteroatoms. The van der Waals surface area contributed by atoms with Crippen molar-refractivity contribution in [3.8, 4) is 0 Å². The Kier molecular flexibility index (Phi) is 7.22. The Hall–Kier alpha value is -4.01. The van der Waals surface area contributed by atoms with Crippen molar-refractivity contribution in [1.29, 1.82) is 0 Å². The summed E-state index contributed by atoms with van der Waals surface area (Å²) in [5, 5.41) is 8.56. The van der Waals surface area contributed by atoms with E-state index >= 15 is 0 Å². The number of rotatable bonds is 6. The van der Waals surface area contributed by atoms with Gasteiger partial charge in [-0.2, -0.15) is 4.98 Å². The lowest BCUT2D eigenvalue weighted by Gasteiger charge is -2.18. The first-order chi connectivity index (χ1) is 15.7. The highest BCUT2D eigenvalue weighted by molar-refractivity contribution is 6.06. The highest BCUT2D eigenvalue weighted by atomic mass is 16.2. The van der Waals surface area contributed by atoms with Crippen molar-refractivity contribution >= 4 is 35.2 Å². The molecular weight excluding hydrogens is 418 g/mol. The Morgan fingerprint density at radius 1 is 0.970 bits per heavy atom. The van der Waals surface area contributed by atoms with Crippen molar-refractivity contribution in [2.75, 3.05) is 34.9 Å². The Morgan fingerprint density at radius 2 is 1.73 bits per heavy atom. The van der Waals surface area contributed by atoms with E-state index in [2.05, 4.69) is 44.7 Å². The predicted molar refractivity (Wildman–Crippen MR) is 131 cm³/mol. The van der Waals surface area contributed by atoms with Crippen LogP contribution in [0.15, 0.2) is 42.7 Å². The third-order valence-corrected chi connectivity index (χ3v) is 5.28. The summed E-state index contributed by atoms with van der Waals surface area (Å²) in [7, 11) is 3.23. The van der Waals surface area contributed by atoms with Gasteiger partial charge in [-0.1, -0.05) is 26.0 Å². The normalized spacial score (nSPS) is 10.6. The van der Waals surface area contributed by atoms with Crippen molar-refractivity contribution < 1.29 is 9.59 Å². The van der Waals surface area contributed by atoms with Crippen molar-refractivity contribution in [2.24, 2.45) is 0 Å². The molecule has 0 radical (unpaired) electrons. The number of nitrogens with zero attached hydrogens (tertiary/aromatic N) is 4. The van der Waals surface area contributed by atoms with Crippen molar-refractivity contribution in [1.82, 2.24) is 15.0 Å². The Bertz CT molecular complexity index is 1180. The standard InChI is InChI=1S/C24H29N7O2/c1-14(2)19-10-9-18(11-16(19)4)28-21(32)17-8-7-15(3)20(12-17)29-24(33)31(6)23-27-13-26-22(25-5)30-23/h7-14H,1-6H3,(H,28,32)(H,29,33)(H,25,26,27,30). The smallest absolute Gasteiger partial charge is 0.328 e. The van der Waals surface area contributed by atoms with Gasteiger partial charge in [0.05, 0.1) is 0 Å². The first-order valence-corrected chi connectivity index (χ1v) is 10.6. The van der Waals surface area contributed by atoms with E-state index in [0.717, 1.165) is 16.8 Å². The van der Waals surface area contributed by atoms with Gasteiger partial charge >= 0.3 is 6.03 Å². The van der Waals surface area contributed by atoms with Crippen LogP contribution >= 0.6 is 0 Å². The van der Waals surface area contributed by atoms with Gasteiger partial charge < -0.3 is 16.0 Å². The molecule has 3 amide bonds. The van der Waals surface area contributed by atoms with E-state index in [-0.39, 0.29) is 11.9 Å². The molecule has 3 aromatic rings. The number of nitrogens with one attached hydrogen (secondary N) is 3. The molecule has 0 aliphatic carbocycles. The van der Waals surface area contributed by atoms with Crippen LogP contribution in [-0.4, -0.2) is 41.0 Å². The summed E-state index contributed by atoms with van der Waals surface area (Å²) in [6, 6.07) is 10.6. The molecule has 0 fully saturated rings. The number of hydrogen-bond acceptors (Lipinski definition) is 6. The first kappa shape index (κ1) is 23.6. The summed E-state index contributed by atoms with van der Waals surface area (Å²) in [6.07, 6.45) is 1.32. The second-order valence-electron chi connectivity index (χ2n) is 8.06. The summed E-state index contributed by atoms with van der Waals surface area (Å²) in [5.41, 5.74) is 4.87. The molecule has 9 nitrogen and oxygen atoms in total. The van der Waals surface area contributed by atoms with Crippen LogP contribution in [0.4, 0.5) is 28.1 Å². The van der Waals surface area contributed by atoms with Crippen molar-refractivity contribution in [3.05, 3.63) is 65.0 Å². The Balaban J connectivity index is 1.75. The third-order valence-electron chi connectivity index (χ3n) is 5.28. The largest absolute Gasteiger partial charge is 0.357 e. The summed E-state index contributed by atoms with van der Waals surface area (Å²) in [4.78, 5) is 39.0. The number of hydrogen-bond donors (Lipinski definition) is 3. The highest BCUT2D eigenvalue weighted by Gasteiger charge is 2.17. The summed E-state index contributed by atoms with van der Waals surface area (Å²) in [6.45, 7) is 8.17. The van der Waals surface area contributed by atoms with Gasteiger partial charge in [0.25, 0.3) is 5.91 Å². The number of carbonyl (C=O) groups is 2. The maximum absolute atomic E-state index is 12.9. The monoisotopic (exact) mass is 447 g/mol. The van der Waals surface area contributed by atoms with Gasteiger partial charge in [-0.15, -0.1) is 0 Å². The van der Waals surface area contributed by atoms with Gasteiger partial charge in [-0.3, -0.25) is 9.69 Å². The van der Waals surface area contributed by atoms with Crippen LogP contribution in [-0.2, 0) is 0 Å². The van der Waals surface area contributed by atoms with Crippen LogP contribution < -0.4 is 20.9 Å². The molecule has 33 heavy (non-hydrogen) atoms. The van der Waals surface area contributed by atoms with E-state index in [0.29, 0.717) is 23.1 Å². The van der Waals surface area contributed by atoms with Crippen LogP contribution in [0.3, 0.4) is 0 Å². The number of aromatic nitrogens is 3. The molecule has 0 bridgehead atoms. The zero-order valence-electron chi connectivity index (χ0n) is 19.7. The molecule has 0 unspecified atom stereocenters. The van der Waals surface area contributed by atoms with E-state index in [9.17, 15) is 9.59 Å². The Labute approximate surface area is 193 Å². The molecule has 2 aromatic carbocycles. The summed E-state index contributed by atoms with van der Waals surface area (Å²) in [5.74, 6) is 0.704. The highest BCUT2D eigenvalue weighted by Crippen LogP contribution is 2.23. The summed E-state index contributed by atoms with van der Waals surface area (Å²) >= 11 is 0. The fourth-order valence-electron chi connectivity index (χ4n) is 3.36. The second kappa shape index (κ2) is 10.1. The number of amides is 3. The van der Waals surface area contributed by atoms with Crippen LogP contribution in [0.5, 0.6) is 0 Å². The minimum atomic E-state index is -0.441. The molecule has 0 atom stereocenters. The van der Waals surface area contributed by atoms with E-state index in [1.165, 1.54) is 16.8 Å². The molecule has 0 aliphatic heterocycles. The number of urea groups is 1. The molecule has 0 spiro atoms. The molecule has 3 rings (SSSR count). The van der Waals surface area contributed by atoms with E-state index in [4.69, 9.17) is 0 Å². The second-order valence-corrected chi connectivity index (χ2v) is 8.06. The van der Waals surface area contributed by atoms with E-state index in [1.807, 2.05) is 32.0 Å². The fourth-order valence-corrected chi connectivity index (χ4v) is 3.36. The quantitative estimate of drug-likeness (QED) is 0.510. The van der Waals surface area contributed by atoms with Gasteiger partial charge in [-0.25, -0.2) is 14.8 Å². The van der Waals surface area contributed by atoms with Gasteiger partial charge in [0.15, 0.2) is 0 Å². The average molecular weight is 448 g/mol. The molecule has 3 N–H and O–H groups in total. The lowest BCUT2D eigenvalue weighted by molar-refractivity contribution is 0.102. The number of aryl methyl sites for hydroxylation is 2. The van der Waals surface area contributed by atoms with E-state index in [1.54, 1.807) is 32.3 Å². The average Bonchev–Trinajstić information content (AvgIpc) is 2.79. The molecule has 0 aliphatic rings. The van der Waals surface area contributed by atoms with Gasteiger partial charge in [0, 0.05) is 31.0 Å². The maximum Gasteiger partial charge on any atom is 0.328 e. The van der Waals surface area contributed by atoms with Crippen LogP contribution in [0.2, 0.25) is 0 Å². The number of carbonyl (C=O) groups excluding carboxylic acids is 2. The van der Waals surface area contributed by atoms with Crippen molar-refractivity contribution in [2.45, 2.75) is 33.6 Å². The summed E-state index contributed by atoms with van der Waals surface area (Å²) < 4.78 is 0. The maximum atomic E-state index is 12.9. The van der Waals surface area contributed by atoms with Gasteiger partial charge in [0.2, 0.25) is 11.9 Å². The van der Waals surface area contributed by atoms with Crippen LogP contribution in [0.25, 0.3) is 0 Å². The Morgan fingerprint density at radius 3 is 2.39 bits per heavy atom. The molecule has 1 aromatic heterocycles.